The third-order valence-electron chi connectivity index (χ3n) is 5.05. The quantitative estimate of drug-likeness (QED) is 0.421. The highest BCUT2D eigenvalue weighted by atomic mass is 16.5. The van der Waals surface area contributed by atoms with E-state index in [9.17, 15) is 9.90 Å². The lowest BCUT2D eigenvalue weighted by Crippen LogP contribution is -2.06. The fourth-order valence-electron chi connectivity index (χ4n) is 3.43. The molecule has 158 valence electrons. The number of phenols is 1. The van der Waals surface area contributed by atoms with Gasteiger partial charge in [0, 0.05) is 11.3 Å². The average molecular weight is 399 g/mol. The molecule has 29 heavy (non-hydrogen) atoms. The molecule has 0 aliphatic rings. The minimum absolute atomic E-state index is 0.290. The van der Waals surface area contributed by atoms with E-state index in [1.807, 2.05) is 32.0 Å². The van der Waals surface area contributed by atoms with E-state index in [1.54, 1.807) is 17.8 Å². The van der Waals surface area contributed by atoms with Crippen LogP contribution in [-0.4, -0.2) is 28.6 Å². The van der Waals surface area contributed by atoms with Crippen LogP contribution < -0.4 is 0 Å². The van der Waals surface area contributed by atoms with Gasteiger partial charge in [0.05, 0.1) is 24.1 Å². The van der Waals surface area contributed by atoms with Crippen molar-refractivity contribution in [1.82, 2.24) is 4.68 Å². The molecule has 0 unspecified atom stereocenters. The Balaban J connectivity index is 2.43. The Kier molecular flexibility index (Phi) is 8.50. The topological polar surface area (TPSA) is 63.8 Å². The number of esters is 1. The van der Waals surface area contributed by atoms with E-state index >= 15 is 0 Å². The lowest BCUT2D eigenvalue weighted by molar-refractivity contribution is 0.0525. The van der Waals surface area contributed by atoms with E-state index in [0.29, 0.717) is 23.5 Å². The van der Waals surface area contributed by atoms with Crippen molar-refractivity contribution in [3.05, 3.63) is 51.8 Å². The number of aryl methyl sites for hydroxylation is 3. The summed E-state index contributed by atoms with van der Waals surface area (Å²) in [4.78, 5) is 12.3. The SMILES string of the molecule is CCCCc1cc(C)cc(/C=N/n2c(CCCC)cc(C(=O)OCC)c2C)c1O. The molecular formula is C24H34N2O3. The summed E-state index contributed by atoms with van der Waals surface area (Å²) >= 11 is 0. The maximum atomic E-state index is 12.3. The maximum absolute atomic E-state index is 12.3. The minimum Gasteiger partial charge on any atom is -0.507 e. The molecule has 0 aliphatic heterocycles. The van der Waals surface area contributed by atoms with E-state index in [4.69, 9.17) is 4.74 Å². The summed E-state index contributed by atoms with van der Waals surface area (Å²) < 4.78 is 6.99. The third-order valence-corrected chi connectivity index (χ3v) is 5.05. The van der Waals surface area contributed by atoms with Crippen molar-refractivity contribution < 1.29 is 14.6 Å². The highest BCUT2D eigenvalue weighted by Crippen LogP contribution is 2.26. The van der Waals surface area contributed by atoms with E-state index < -0.39 is 0 Å². The largest absolute Gasteiger partial charge is 0.507 e. The van der Waals surface area contributed by atoms with Crippen LogP contribution in [0.15, 0.2) is 23.3 Å². The zero-order chi connectivity index (χ0) is 21.4. The highest BCUT2D eigenvalue weighted by molar-refractivity contribution is 5.91. The number of aromatic nitrogens is 1. The monoisotopic (exact) mass is 398 g/mol. The van der Waals surface area contributed by atoms with Crippen LogP contribution in [0.25, 0.3) is 0 Å². The highest BCUT2D eigenvalue weighted by Gasteiger charge is 2.18. The minimum atomic E-state index is -0.322. The number of carbonyl (C=O) groups excluding carboxylic acids is 1. The summed E-state index contributed by atoms with van der Waals surface area (Å²) in [6.07, 6.45) is 7.55. The van der Waals surface area contributed by atoms with Gasteiger partial charge in [-0.25, -0.2) is 9.47 Å². The summed E-state index contributed by atoms with van der Waals surface area (Å²) in [5, 5.41) is 15.3. The Hall–Kier alpha value is -2.56. The van der Waals surface area contributed by atoms with Gasteiger partial charge in [-0.05, 0) is 69.7 Å². The van der Waals surface area contributed by atoms with Crippen LogP contribution in [0.5, 0.6) is 5.75 Å². The molecule has 0 spiro atoms. The summed E-state index contributed by atoms with van der Waals surface area (Å²) in [5.41, 5.74) is 5.02. The Bertz CT molecular complexity index is 865. The molecular weight excluding hydrogens is 364 g/mol. The third kappa shape index (κ3) is 5.72. The van der Waals surface area contributed by atoms with Gasteiger partial charge >= 0.3 is 5.97 Å². The molecule has 5 heteroatoms. The molecule has 0 saturated carbocycles. The smallest absolute Gasteiger partial charge is 0.340 e. The van der Waals surface area contributed by atoms with E-state index in [-0.39, 0.29) is 5.97 Å². The van der Waals surface area contributed by atoms with Crippen LogP contribution in [0.2, 0.25) is 0 Å². The van der Waals surface area contributed by atoms with Crippen molar-refractivity contribution in [3.8, 4) is 5.75 Å². The second-order valence-electron chi connectivity index (χ2n) is 7.48. The molecule has 5 nitrogen and oxygen atoms in total. The van der Waals surface area contributed by atoms with Crippen molar-refractivity contribution in [2.75, 3.05) is 6.61 Å². The number of nitrogens with zero attached hydrogens (tertiary/aromatic N) is 2. The number of ether oxygens (including phenoxy) is 1. The van der Waals surface area contributed by atoms with E-state index in [2.05, 4.69) is 18.9 Å². The Morgan fingerprint density at radius 2 is 1.79 bits per heavy atom. The Morgan fingerprint density at radius 1 is 1.10 bits per heavy atom. The fourth-order valence-corrected chi connectivity index (χ4v) is 3.43. The molecule has 1 N–H and O–H groups in total. The normalized spacial score (nSPS) is 11.3. The molecule has 0 radical (unpaired) electrons. The van der Waals surface area contributed by atoms with Crippen molar-refractivity contribution >= 4 is 12.2 Å². The first-order valence-corrected chi connectivity index (χ1v) is 10.7. The number of phenolic OH excluding ortho intramolecular Hbond substituents is 1. The molecule has 0 amide bonds. The first kappa shape index (κ1) is 22.7. The average Bonchev–Trinajstić information content (AvgIpc) is 3.01. The standard InChI is InChI=1S/C24H34N2O3/c1-6-9-11-19-13-17(4)14-20(23(19)27)16-25-26-18(5)22(24(28)29-8-3)15-21(26)12-10-7-2/h13-16,27H,6-12H2,1-5H3/b25-16+. The van der Waals surface area contributed by atoms with Crippen molar-refractivity contribution in [1.29, 1.82) is 0 Å². The summed E-state index contributed by atoms with van der Waals surface area (Å²) in [6, 6.07) is 5.85. The second-order valence-corrected chi connectivity index (χ2v) is 7.48. The maximum Gasteiger partial charge on any atom is 0.340 e. The van der Waals surface area contributed by atoms with Gasteiger partial charge in [0.1, 0.15) is 5.75 Å². The van der Waals surface area contributed by atoms with E-state index in [1.165, 1.54) is 0 Å². The summed E-state index contributed by atoms with van der Waals surface area (Å²) in [6.45, 7) is 10.3. The summed E-state index contributed by atoms with van der Waals surface area (Å²) in [5.74, 6) is -0.0321. The van der Waals surface area contributed by atoms with Gasteiger partial charge < -0.3 is 9.84 Å². The lowest BCUT2D eigenvalue weighted by Gasteiger charge is -2.10. The summed E-state index contributed by atoms with van der Waals surface area (Å²) in [7, 11) is 0. The van der Waals surface area contributed by atoms with Crippen LogP contribution in [-0.2, 0) is 17.6 Å². The molecule has 1 heterocycles. The molecule has 0 bridgehead atoms. The zero-order valence-corrected chi connectivity index (χ0v) is 18.4. The van der Waals surface area contributed by atoms with Crippen LogP contribution in [0.3, 0.4) is 0 Å². The zero-order valence-electron chi connectivity index (χ0n) is 18.4. The number of hydrogen-bond acceptors (Lipinski definition) is 4. The lowest BCUT2D eigenvalue weighted by atomic mass is 10.0. The van der Waals surface area contributed by atoms with Crippen LogP contribution in [0, 0.1) is 13.8 Å². The van der Waals surface area contributed by atoms with Gasteiger partial charge in [0.2, 0.25) is 0 Å². The Labute approximate surface area is 174 Å². The molecule has 1 aromatic carbocycles. The number of hydrogen-bond donors (Lipinski definition) is 1. The van der Waals surface area contributed by atoms with Gasteiger partial charge in [0.15, 0.2) is 0 Å². The number of benzene rings is 1. The molecule has 0 aliphatic carbocycles. The predicted molar refractivity (Wildman–Crippen MR) is 118 cm³/mol. The van der Waals surface area contributed by atoms with Crippen LogP contribution in [0.1, 0.15) is 84.9 Å². The van der Waals surface area contributed by atoms with Gasteiger partial charge in [0.25, 0.3) is 0 Å². The van der Waals surface area contributed by atoms with Gasteiger partial charge in [-0.1, -0.05) is 32.8 Å². The van der Waals surface area contributed by atoms with Crippen molar-refractivity contribution in [3.63, 3.8) is 0 Å². The first-order chi connectivity index (χ1) is 13.9. The number of unbranched alkanes of at least 4 members (excludes halogenated alkanes) is 2. The van der Waals surface area contributed by atoms with Gasteiger partial charge in [-0.2, -0.15) is 5.10 Å². The molecule has 0 saturated heterocycles. The second kappa shape index (κ2) is 10.8. The Morgan fingerprint density at radius 3 is 2.45 bits per heavy atom. The molecule has 2 aromatic rings. The van der Waals surface area contributed by atoms with Crippen molar-refractivity contribution in [2.24, 2.45) is 5.10 Å². The fraction of sp³-hybridized carbons (Fsp3) is 0.500. The molecule has 0 atom stereocenters. The molecule has 2 rings (SSSR count). The van der Waals surface area contributed by atoms with Gasteiger partial charge in [-0.3, -0.25) is 0 Å². The van der Waals surface area contributed by atoms with Crippen molar-refractivity contribution in [2.45, 2.75) is 73.1 Å². The van der Waals surface area contributed by atoms with E-state index in [0.717, 1.165) is 61.0 Å². The number of aromatic hydroxyl groups is 1. The predicted octanol–water partition coefficient (Wildman–Crippen LogP) is 5.55. The van der Waals surface area contributed by atoms with Gasteiger partial charge in [-0.15, -0.1) is 0 Å². The van der Waals surface area contributed by atoms with Crippen LogP contribution in [0.4, 0.5) is 0 Å². The first-order valence-electron chi connectivity index (χ1n) is 10.7. The molecule has 0 fully saturated rings. The van der Waals surface area contributed by atoms with Crippen LogP contribution >= 0.6 is 0 Å². The number of rotatable bonds is 10. The molecule has 1 aromatic heterocycles. The number of carbonyl (C=O) groups is 1.